The summed E-state index contributed by atoms with van der Waals surface area (Å²) in [5.74, 6) is 1.84. The first-order valence-corrected chi connectivity index (χ1v) is 15.6. The molecule has 0 aromatic heterocycles. The van der Waals surface area contributed by atoms with E-state index in [-0.39, 0.29) is 185 Å². The van der Waals surface area contributed by atoms with Crippen LogP contribution in [0.15, 0.2) is 0 Å². The minimum absolute atomic E-state index is 0. The number of hydrogen-bond donors (Lipinski definition) is 6. The van der Waals surface area contributed by atoms with Crippen molar-refractivity contribution in [3.63, 3.8) is 0 Å². The molecule has 17 heteroatoms. The van der Waals surface area contributed by atoms with Crippen LogP contribution < -0.4 is 10.6 Å². The van der Waals surface area contributed by atoms with Gasteiger partial charge in [0.2, 0.25) is 0 Å². The Morgan fingerprint density at radius 3 is 1.65 bits per heavy atom. The second-order valence-electron chi connectivity index (χ2n) is 8.62. The molecule has 248 valence electrons. The van der Waals surface area contributed by atoms with Gasteiger partial charge in [-0.2, -0.15) is 11.8 Å². The molecule has 0 amide bonds. The molecule has 0 aliphatic carbocycles. The van der Waals surface area contributed by atoms with Crippen molar-refractivity contribution in [2.45, 2.75) is 50.6 Å². The van der Waals surface area contributed by atoms with E-state index in [1.807, 2.05) is 21.6 Å². The van der Waals surface area contributed by atoms with Gasteiger partial charge in [0.25, 0.3) is 0 Å². The van der Waals surface area contributed by atoms with E-state index in [9.17, 15) is 14.4 Å². The quantitative estimate of drug-likeness (QED) is 0.0401. The standard InChI is InChI=1S/C17H31N3O5S.C9H19NO2S.4Ce/c1-18-15(4-8-21)13-19-16(14-24)12-17(25)26-11-3-2-5-20(6-9-22)7-10-23;1-13-9-3-2-4-10(5-7-11)6-8-12;;;;/h8-10,14-16,18-19,22-23H,2-7,11-13H2,1H3;7-8,11-12H,2-6,9H2,1H3;;;;/q2*-2;;;;. The van der Waals surface area contributed by atoms with E-state index in [1.165, 1.54) is 23.9 Å². The summed E-state index contributed by atoms with van der Waals surface area (Å²) in [4.78, 5) is 37.5. The fourth-order valence-corrected chi connectivity index (χ4v) is 4.67. The van der Waals surface area contributed by atoms with E-state index in [0.717, 1.165) is 64.8 Å². The summed E-state index contributed by atoms with van der Waals surface area (Å²) in [5, 5.41) is 40.7. The number of carbonyl (C=O) groups excluding carboxylic acids is 3. The molecule has 0 rings (SSSR count). The SMILES string of the molecule is CNC(CC=O)CNC(C=O)CC(=O)SCCCCN(C[CH-]O)C[CH-]O.CSCCCCN(C[CH-]O)C[CH-]O.[Ce].[Ce].[Ce].[Ce]. The van der Waals surface area contributed by atoms with Crippen LogP contribution in [0.2, 0.25) is 0 Å². The van der Waals surface area contributed by atoms with E-state index < -0.39 is 6.04 Å². The zero-order valence-corrected chi connectivity index (χ0v) is 39.6. The molecule has 2 atom stereocenters. The second-order valence-corrected chi connectivity index (χ2v) is 10.8. The number of aliphatic hydroxyl groups excluding tert-OH is 4. The number of unbranched alkanes of at least 4 members (excludes halogenated alkanes) is 2. The Morgan fingerprint density at radius 1 is 0.814 bits per heavy atom. The molecule has 0 fully saturated rings. The molecule has 0 radical (unpaired) electrons. The molecular formula is C26H50Ce4N4O7S2-4. The van der Waals surface area contributed by atoms with Gasteiger partial charge in [-0.25, -0.2) is 26.4 Å². The predicted octanol–water partition coefficient (Wildman–Crippen LogP) is 1.62. The largest absolute Gasteiger partial charge is 0.565 e. The summed E-state index contributed by atoms with van der Waals surface area (Å²) >= 11 is 3.05. The van der Waals surface area contributed by atoms with E-state index in [4.69, 9.17) is 20.4 Å². The van der Waals surface area contributed by atoms with Gasteiger partial charge >= 0.3 is 0 Å². The topological polar surface area (TPSA) is 163 Å². The van der Waals surface area contributed by atoms with Gasteiger partial charge in [0, 0.05) is 198 Å². The van der Waals surface area contributed by atoms with Crippen molar-refractivity contribution >= 4 is 41.2 Å². The predicted molar refractivity (Wildman–Crippen MR) is 158 cm³/mol. The van der Waals surface area contributed by atoms with Crippen LogP contribution in [0, 0.1) is 193 Å². The van der Waals surface area contributed by atoms with Crippen LogP contribution in [0.4, 0.5) is 0 Å². The first-order chi connectivity index (χ1) is 18.9. The molecule has 0 aliphatic heterocycles. The number of thioether (sulfide) groups is 2. The molecule has 6 N–H and O–H groups in total. The molecule has 0 heterocycles. The Morgan fingerprint density at radius 2 is 1.28 bits per heavy atom. The van der Waals surface area contributed by atoms with Gasteiger partial charge in [-0.3, -0.25) is 4.79 Å². The fourth-order valence-electron chi connectivity index (χ4n) is 3.30. The van der Waals surface area contributed by atoms with Gasteiger partial charge in [0.05, 0.1) is 6.04 Å². The number of carbonyl (C=O) groups is 3. The second kappa shape index (κ2) is 49.0. The van der Waals surface area contributed by atoms with E-state index >= 15 is 0 Å². The maximum Gasteiger partial charge on any atom is 0.190 e. The van der Waals surface area contributed by atoms with Crippen LogP contribution >= 0.6 is 23.5 Å². The van der Waals surface area contributed by atoms with Gasteiger partial charge in [-0.15, -0.1) is 26.2 Å². The van der Waals surface area contributed by atoms with Crippen molar-refractivity contribution in [2.75, 3.05) is 70.6 Å². The van der Waals surface area contributed by atoms with Gasteiger partial charge in [-0.05, 0) is 57.8 Å². The molecule has 0 aromatic carbocycles. The summed E-state index contributed by atoms with van der Waals surface area (Å²) in [7, 11) is 1.74. The van der Waals surface area contributed by atoms with Gasteiger partial charge in [0.1, 0.15) is 12.6 Å². The average Bonchev–Trinajstić information content (AvgIpc) is 2.93. The van der Waals surface area contributed by atoms with Crippen LogP contribution in [0.3, 0.4) is 0 Å². The Kier molecular flexibility index (Phi) is 68.4. The Labute approximate surface area is 403 Å². The van der Waals surface area contributed by atoms with Gasteiger partial charge < -0.3 is 50.4 Å². The number of nitrogens with one attached hydrogen (secondary N) is 2. The van der Waals surface area contributed by atoms with E-state index in [2.05, 4.69) is 16.9 Å². The van der Waals surface area contributed by atoms with Crippen LogP contribution in [0.1, 0.15) is 38.5 Å². The Hall–Kier alpha value is 4.90. The summed E-state index contributed by atoms with van der Waals surface area (Å²) in [6, 6.07) is -0.610. The molecule has 0 saturated carbocycles. The molecule has 11 nitrogen and oxygen atoms in total. The third kappa shape index (κ3) is 43.0. The van der Waals surface area contributed by atoms with Crippen LogP contribution in [0.25, 0.3) is 0 Å². The van der Waals surface area contributed by atoms with E-state index in [1.54, 1.807) is 7.05 Å². The molecule has 0 bridgehead atoms. The zero-order chi connectivity index (χ0) is 29.6. The number of hydrogen-bond acceptors (Lipinski definition) is 13. The minimum atomic E-state index is -0.548. The van der Waals surface area contributed by atoms with Crippen molar-refractivity contribution < 1.29 is 202 Å². The smallest absolute Gasteiger partial charge is 0.190 e. The van der Waals surface area contributed by atoms with Crippen molar-refractivity contribution in [3.8, 4) is 0 Å². The summed E-state index contributed by atoms with van der Waals surface area (Å²) in [6.45, 7) is 8.22. The van der Waals surface area contributed by atoms with Crippen molar-refractivity contribution in [3.05, 3.63) is 26.4 Å². The normalized spacial score (nSPS) is 11.5. The van der Waals surface area contributed by atoms with Crippen molar-refractivity contribution in [2.24, 2.45) is 0 Å². The van der Waals surface area contributed by atoms with Crippen LogP contribution in [-0.4, -0.2) is 131 Å². The zero-order valence-electron chi connectivity index (χ0n) is 25.4. The first-order valence-electron chi connectivity index (χ1n) is 13.2. The fraction of sp³-hybridized carbons (Fsp3) is 0.731. The average molecular weight is 1160 g/mol. The third-order valence-corrected chi connectivity index (χ3v) is 7.21. The minimum Gasteiger partial charge on any atom is -0.565 e. The number of nitrogens with zero attached hydrogens (tertiary/aromatic N) is 2. The Balaban J connectivity index is -0.000000173. The number of aliphatic hydroxyl groups is 4. The van der Waals surface area contributed by atoms with E-state index in [0.29, 0.717) is 51.4 Å². The molecule has 43 heavy (non-hydrogen) atoms. The summed E-state index contributed by atoms with van der Waals surface area (Å²) in [6.07, 6.45) is 8.07. The van der Waals surface area contributed by atoms with Crippen molar-refractivity contribution in [1.82, 2.24) is 20.4 Å². The number of likely N-dealkylation sites (N-methyl/N-ethyl adjacent to an activating group) is 1. The van der Waals surface area contributed by atoms with Crippen molar-refractivity contribution in [1.29, 1.82) is 0 Å². The van der Waals surface area contributed by atoms with Crippen LogP contribution in [-0.2, 0) is 14.4 Å². The molecular weight excluding hydrogens is 1100 g/mol. The number of rotatable bonds is 27. The van der Waals surface area contributed by atoms with Gasteiger partial charge in [-0.1, -0.05) is 11.8 Å². The molecule has 0 spiro atoms. The summed E-state index contributed by atoms with van der Waals surface area (Å²) < 4.78 is 0. The molecule has 0 saturated heterocycles. The van der Waals surface area contributed by atoms with Crippen LogP contribution in [0.5, 0.6) is 0 Å². The monoisotopic (exact) mass is 1150 g/mol. The maximum absolute atomic E-state index is 12.0. The summed E-state index contributed by atoms with van der Waals surface area (Å²) in [5.41, 5.74) is 0. The Bertz CT molecular complexity index is 576. The van der Waals surface area contributed by atoms with Gasteiger partial charge in [0.15, 0.2) is 5.12 Å². The molecule has 2 unspecified atom stereocenters. The number of aldehydes is 2. The molecule has 0 aliphatic rings. The first kappa shape index (κ1) is 60.0. The third-order valence-electron chi connectivity index (χ3n) is 5.53. The maximum atomic E-state index is 12.0. The molecule has 0 aromatic rings.